The average molecular weight is 444 g/mol. The number of aliphatic hydroxyl groups is 1. The van der Waals surface area contributed by atoms with Gasteiger partial charge in [0.25, 0.3) is 0 Å². The summed E-state index contributed by atoms with van der Waals surface area (Å²) in [5, 5.41) is 10.4. The highest BCUT2D eigenvalue weighted by molar-refractivity contribution is 5.90. The molecule has 0 aliphatic carbocycles. The first kappa shape index (κ1) is 21.2. The van der Waals surface area contributed by atoms with E-state index in [-0.39, 0.29) is 5.95 Å². The van der Waals surface area contributed by atoms with Gasteiger partial charge >= 0.3 is 0 Å². The number of fused-ring (bicyclic) bond motifs is 1. The van der Waals surface area contributed by atoms with E-state index < -0.39 is 5.60 Å². The highest BCUT2D eigenvalue weighted by Crippen LogP contribution is 2.31. The molecule has 0 amide bonds. The third kappa shape index (κ3) is 4.33. The van der Waals surface area contributed by atoms with Crippen LogP contribution in [0.15, 0.2) is 48.9 Å². The van der Waals surface area contributed by atoms with Gasteiger partial charge in [-0.1, -0.05) is 18.2 Å². The van der Waals surface area contributed by atoms with Crippen LogP contribution in [0.5, 0.6) is 0 Å². The lowest BCUT2D eigenvalue weighted by molar-refractivity contribution is 0.0786. The molecule has 1 aliphatic rings. The second-order valence-electron chi connectivity index (χ2n) is 8.53. The van der Waals surface area contributed by atoms with Crippen LogP contribution in [0.3, 0.4) is 0 Å². The Morgan fingerprint density at radius 2 is 1.67 bits per heavy atom. The summed E-state index contributed by atoms with van der Waals surface area (Å²) in [6.45, 7) is 6.25. The summed E-state index contributed by atoms with van der Waals surface area (Å²) in [6.07, 6.45) is 5.07. The second-order valence-corrected chi connectivity index (χ2v) is 8.53. The fourth-order valence-corrected chi connectivity index (χ4v) is 3.82. The highest BCUT2D eigenvalue weighted by Gasteiger charge is 2.20. The molecule has 168 valence electrons. The molecule has 0 unspecified atom stereocenters. The SMILES string of the molecule is CC(C)(O)c1cccc(-c2cnc3c(N4CCOCC4)nc(-c4cnc(N)nc4)nc3c2)c1. The lowest BCUT2D eigenvalue weighted by atomic mass is 9.95. The van der Waals surface area contributed by atoms with Crippen molar-refractivity contribution in [3.05, 3.63) is 54.5 Å². The Kier molecular flexibility index (Phi) is 5.35. The third-order valence-corrected chi connectivity index (χ3v) is 5.66. The molecule has 3 N–H and O–H groups in total. The highest BCUT2D eigenvalue weighted by atomic mass is 16.5. The number of rotatable bonds is 4. The van der Waals surface area contributed by atoms with Crippen molar-refractivity contribution in [2.45, 2.75) is 19.4 Å². The van der Waals surface area contributed by atoms with Gasteiger partial charge in [0.05, 0.1) is 29.9 Å². The Hall–Kier alpha value is -3.69. The van der Waals surface area contributed by atoms with Gasteiger partial charge in [0, 0.05) is 37.2 Å². The molecule has 9 nitrogen and oxygen atoms in total. The number of hydrogen-bond donors (Lipinski definition) is 2. The fourth-order valence-electron chi connectivity index (χ4n) is 3.82. The number of nitrogens with two attached hydrogens (primary N) is 1. The molecule has 1 saturated heterocycles. The molecule has 3 aromatic heterocycles. The average Bonchev–Trinajstić information content (AvgIpc) is 2.83. The van der Waals surface area contributed by atoms with Crippen LogP contribution in [0.1, 0.15) is 19.4 Å². The van der Waals surface area contributed by atoms with E-state index in [9.17, 15) is 5.11 Å². The van der Waals surface area contributed by atoms with Gasteiger partial charge in [-0.15, -0.1) is 0 Å². The van der Waals surface area contributed by atoms with Gasteiger partial charge < -0.3 is 20.5 Å². The van der Waals surface area contributed by atoms with Crippen LogP contribution in [-0.4, -0.2) is 56.3 Å². The second kappa shape index (κ2) is 8.34. The number of benzene rings is 1. The first-order valence-corrected chi connectivity index (χ1v) is 10.8. The quantitative estimate of drug-likeness (QED) is 0.490. The Bertz CT molecular complexity index is 1300. The molecule has 0 saturated carbocycles. The maximum atomic E-state index is 10.4. The fraction of sp³-hybridized carbons (Fsp3) is 0.292. The summed E-state index contributed by atoms with van der Waals surface area (Å²) in [4.78, 5) is 24.7. The molecule has 4 heterocycles. The maximum absolute atomic E-state index is 10.4. The van der Waals surface area contributed by atoms with E-state index in [0.29, 0.717) is 30.1 Å². The Labute approximate surface area is 191 Å². The van der Waals surface area contributed by atoms with Gasteiger partial charge in [0.2, 0.25) is 5.95 Å². The molecule has 0 radical (unpaired) electrons. The first-order valence-electron chi connectivity index (χ1n) is 10.8. The summed E-state index contributed by atoms with van der Waals surface area (Å²) in [7, 11) is 0. The smallest absolute Gasteiger partial charge is 0.219 e. The van der Waals surface area contributed by atoms with E-state index in [2.05, 4.69) is 14.9 Å². The molecule has 1 aliphatic heterocycles. The van der Waals surface area contributed by atoms with Gasteiger partial charge in [-0.2, -0.15) is 0 Å². The Balaban J connectivity index is 1.66. The molecule has 1 fully saturated rings. The number of pyridine rings is 1. The van der Waals surface area contributed by atoms with Crippen LogP contribution in [-0.2, 0) is 10.3 Å². The molecule has 9 heteroatoms. The van der Waals surface area contributed by atoms with Crippen molar-refractivity contribution in [2.24, 2.45) is 0 Å². The van der Waals surface area contributed by atoms with Gasteiger partial charge in [0.1, 0.15) is 5.52 Å². The van der Waals surface area contributed by atoms with E-state index >= 15 is 0 Å². The summed E-state index contributed by atoms with van der Waals surface area (Å²) < 4.78 is 5.52. The summed E-state index contributed by atoms with van der Waals surface area (Å²) in [5.74, 6) is 1.46. The molecular formula is C24H25N7O2. The molecule has 4 aromatic rings. The minimum Gasteiger partial charge on any atom is -0.386 e. The van der Waals surface area contributed by atoms with Crippen molar-refractivity contribution in [1.29, 1.82) is 0 Å². The van der Waals surface area contributed by atoms with Crippen LogP contribution in [0, 0.1) is 0 Å². The van der Waals surface area contributed by atoms with Gasteiger partial charge in [-0.3, -0.25) is 4.98 Å². The molecule has 0 spiro atoms. The zero-order valence-electron chi connectivity index (χ0n) is 18.6. The van der Waals surface area contributed by atoms with Crippen molar-refractivity contribution in [2.75, 3.05) is 36.9 Å². The molecule has 0 bridgehead atoms. The standard InChI is InChI=1S/C24H25N7O2/c1-24(2,32)18-5-3-4-15(10-18)16-11-19-20(26-12-16)22(31-6-8-33-9-7-31)30-21(29-19)17-13-27-23(25)28-14-17/h3-5,10-14,32H,6-9H2,1-2H3,(H2,25,27,28). The molecule has 1 aromatic carbocycles. The predicted molar refractivity (Wildman–Crippen MR) is 126 cm³/mol. The minimum absolute atomic E-state index is 0.198. The van der Waals surface area contributed by atoms with Crippen LogP contribution in [0.4, 0.5) is 11.8 Å². The summed E-state index contributed by atoms with van der Waals surface area (Å²) in [6, 6.07) is 9.82. The molecule has 5 rings (SSSR count). The van der Waals surface area contributed by atoms with E-state index in [0.717, 1.165) is 41.1 Å². The lowest BCUT2D eigenvalue weighted by Crippen LogP contribution is -2.37. The van der Waals surface area contributed by atoms with Gasteiger partial charge in [0.15, 0.2) is 11.6 Å². The van der Waals surface area contributed by atoms with Crippen molar-refractivity contribution in [3.8, 4) is 22.5 Å². The van der Waals surface area contributed by atoms with Crippen LogP contribution >= 0.6 is 0 Å². The summed E-state index contributed by atoms with van der Waals surface area (Å²) in [5.41, 5.74) is 9.51. The number of nitrogen functional groups attached to an aromatic ring is 1. The van der Waals surface area contributed by atoms with Crippen LogP contribution in [0.2, 0.25) is 0 Å². The molecule has 0 atom stereocenters. The maximum Gasteiger partial charge on any atom is 0.219 e. The zero-order chi connectivity index (χ0) is 23.0. The van der Waals surface area contributed by atoms with Crippen LogP contribution in [0.25, 0.3) is 33.5 Å². The van der Waals surface area contributed by atoms with Crippen molar-refractivity contribution in [3.63, 3.8) is 0 Å². The van der Waals surface area contributed by atoms with E-state index in [1.807, 2.05) is 36.5 Å². The van der Waals surface area contributed by atoms with Crippen molar-refractivity contribution >= 4 is 22.8 Å². The van der Waals surface area contributed by atoms with E-state index in [4.69, 9.17) is 25.4 Å². The number of hydrogen-bond acceptors (Lipinski definition) is 9. The number of ether oxygens (including phenoxy) is 1. The first-order chi connectivity index (χ1) is 15.9. The molecule has 33 heavy (non-hydrogen) atoms. The topological polar surface area (TPSA) is 123 Å². The van der Waals surface area contributed by atoms with Gasteiger partial charge in [-0.05, 0) is 37.1 Å². The lowest BCUT2D eigenvalue weighted by Gasteiger charge is -2.28. The Morgan fingerprint density at radius 3 is 2.39 bits per heavy atom. The van der Waals surface area contributed by atoms with E-state index in [1.54, 1.807) is 26.2 Å². The number of anilines is 2. The Morgan fingerprint density at radius 1 is 0.939 bits per heavy atom. The number of aromatic nitrogens is 5. The predicted octanol–water partition coefficient (Wildman–Crippen LogP) is 2.79. The number of nitrogens with zero attached hydrogens (tertiary/aromatic N) is 6. The van der Waals surface area contributed by atoms with E-state index in [1.165, 1.54) is 0 Å². The number of morpholine rings is 1. The monoisotopic (exact) mass is 443 g/mol. The van der Waals surface area contributed by atoms with Crippen molar-refractivity contribution < 1.29 is 9.84 Å². The van der Waals surface area contributed by atoms with Crippen LogP contribution < -0.4 is 10.6 Å². The minimum atomic E-state index is -0.936. The third-order valence-electron chi connectivity index (χ3n) is 5.66. The normalized spacial score (nSPS) is 14.6. The van der Waals surface area contributed by atoms with Crippen molar-refractivity contribution in [1.82, 2.24) is 24.9 Å². The summed E-state index contributed by atoms with van der Waals surface area (Å²) >= 11 is 0. The van der Waals surface area contributed by atoms with Gasteiger partial charge in [-0.25, -0.2) is 19.9 Å². The largest absolute Gasteiger partial charge is 0.386 e. The molecular weight excluding hydrogens is 418 g/mol. The zero-order valence-corrected chi connectivity index (χ0v) is 18.6.